The van der Waals surface area contributed by atoms with E-state index >= 15 is 0 Å². The van der Waals surface area contributed by atoms with Crippen molar-refractivity contribution in [3.63, 3.8) is 0 Å². The Morgan fingerprint density at radius 2 is 1.96 bits per heavy atom. The van der Waals surface area contributed by atoms with E-state index < -0.39 is 0 Å². The van der Waals surface area contributed by atoms with Gasteiger partial charge in [0.15, 0.2) is 0 Å². The van der Waals surface area contributed by atoms with Crippen LogP contribution in [0.25, 0.3) is 10.9 Å². The molecule has 3 nitrogen and oxygen atoms in total. The third-order valence-corrected chi connectivity index (χ3v) is 7.50. The van der Waals surface area contributed by atoms with Gasteiger partial charge in [-0.2, -0.15) is 0 Å². The molecule has 25 heavy (non-hydrogen) atoms. The molecule has 2 aromatic carbocycles. The first-order valence-corrected chi connectivity index (χ1v) is 10.5. The summed E-state index contributed by atoms with van der Waals surface area (Å²) in [5.41, 5.74) is 4.39. The fraction of sp³-hybridized carbons (Fsp3) is 0.250. The van der Waals surface area contributed by atoms with Gasteiger partial charge >= 0.3 is 0 Å². The predicted octanol–water partition coefficient (Wildman–Crippen LogP) is 4.84. The number of amides is 1. The number of benzene rings is 2. The molecule has 0 saturated carbocycles. The van der Waals surface area contributed by atoms with Gasteiger partial charge in [0, 0.05) is 41.3 Å². The minimum absolute atomic E-state index is 0.0280. The minimum atomic E-state index is 0.0280. The van der Waals surface area contributed by atoms with Crippen molar-refractivity contribution in [2.24, 2.45) is 7.05 Å². The summed E-state index contributed by atoms with van der Waals surface area (Å²) in [5.74, 6) is 2.43. The molecular weight excluding hydrogens is 348 g/mol. The predicted molar refractivity (Wildman–Crippen MR) is 109 cm³/mol. The Kier molecular flexibility index (Phi) is 4.77. The highest BCUT2D eigenvalue weighted by Gasteiger charge is 2.18. The van der Waals surface area contributed by atoms with Gasteiger partial charge in [0.2, 0.25) is 5.91 Å². The lowest BCUT2D eigenvalue weighted by molar-refractivity contribution is -0.115. The average Bonchev–Trinajstić information content (AvgIpc) is 3.25. The quantitative estimate of drug-likeness (QED) is 0.716. The second kappa shape index (κ2) is 7.18. The number of hydrogen-bond donors (Lipinski definition) is 1. The average molecular weight is 369 g/mol. The highest BCUT2D eigenvalue weighted by molar-refractivity contribution is 8.19. The zero-order chi connectivity index (χ0) is 17.2. The molecule has 1 fully saturated rings. The third kappa shape index (κ3) is 3.58. The van der Waals surface area contributed by atoms with Crippen molar-refractivity contribution in [1.29, 1.82) is 0 Å². The number of hydrogen-bond acceptors (Lipinski definition) is 3. The summed E-state index contributed by atoms with van der Waals surface area (Å²) >= 11 is 3.95. The maximum absolute atomic E-state index is 12.5. The number of fused-ring (bicyclic) bond motifs is 1. The number of nitrogens with zero attached hydrogens (tertiary/aromatic N) is 1. The Morgan fingerprint density at radius 3 is 2.80 bits per heavy atom. The second-order valence-electron chi connectivity index (χ2n) is 6.21. The summed E-state index contributed by atoms with van der Waals surface area (Å²) in [7, 11) is 2.02. The number of rotatable bonds is 4. The topological polar surface area (TPSA) is 34.0 Å². The fourth-order valence-corrected chi connectivity index (χ4v) is 6.10. The maximum Gasteiger partial charge on any atom is 0.228 e. The summed E-state index contributed by atoms with van der Waals surface area (Å²) in [5, 5.41) is 4.21. The Bertz CT molecular complexity index is 913. The largest absolute Gasteiger partial charge is 0.350 e. The minimum Gasteiger partial charge on any atom is -0.350 e. The Labute approximate surface area is 156 Å². The maximum atomic E-state index is 12.5. The van der Waals surface area contributed by atoms with Crippen LogP contribution < -0.4 is 5.32 Å². The molecule has 2 heterocycles. The molecule has 0 aliphatic carbocycles. The number of nitrogens with one attached hydrogen (secondary N) is 1. The number of para-hydroxylation sites is 1. The van der Waals surface area contributed by atoms with Crippen LogP contribution in [0.3, 0.4) is 0 Å². The van der Waals surface area contributed by atoms with Crippen LogP contribution in [0.2, 0.25) is 0 Å². The molecule has 0 spiro atoms. The van der Waals surface area contributed by atoms with Crippen molar-refractivity contribution in [2.75, 3.05) is 16.8 Å². The fourth-order valence-electron chi connectivity index (χ4n) is 3.26. The normalized spacial score (nSPS) is 14.9. The number of aryl methyl sites for hydroxylation is 1. The van der Waals surface area contributed by atoms with Crippen molar-refractivity contribution in [3.8, 4) is 0 Å². The van der Waals surface area contributed by atoms with Gasteiger partial charge in [-0.25, -0.2) is 0 Å². The molecule has 128 valence electrons. The van der Waals surface area contributed by atoms with Crippen LogP contribution in [0.1, 0.15) is 15.7 Å². The molecule has 1 aromatic heterocycles. The van der Waals surface area contributed by atoms with Crippen LogP contribution in [0.5, 0.6) is 0 Å². The lowest BCUT2D eigenvalue weighted by Crippen LogP contribution is -2.14. The van der Waals surface area contributed by atoms with E-state index in [9.17, 15) is 4.79 Å². The van der Waals surface area contributed by atoms with Gasteiger partial charge in [-0.05, 0) is 29.3 Å². The van der Waals surface area contributed by atoms with E-state index in [2.05, 4.69) is 34.1 Å². The van der Waals surface area contributed by atoms with Crippen molar-refractivity contribution < 1.29 is 4.79 Å². The zero-order valence-corrected chi connectivity index (χ0v) is 15.7. The third-order valence-electron chi connectivity index (χ3n) is 4.39. The monoisotopic (exact) mass is 368 g/mol. The molecule has 1 saturated heterocycles. The van der Waals surface area contributed by atoms with Gasteiger partial charge in [0.1, 0.15) is 0 Å². The van der Waals surface area contributed by atoms with Gasteiger partial charge in [0.25, 0.3) is 0 Å². The lowest BCUT2D eigenvalue weighted by Gasteiger charge is -2.11. The van der Waals surface area contributed by atoms with Gasteiger partial charge in [0.05, 0.1) is 11.0 Å². The molecule has 5 heteroatoms. The first kappa shape index (κ1) is 16.6. The number of anilines is 1. The zero-order valence-electron chi connectivity index (χ0n) is 14.1. The van der Waals surface area contributed by atoms with Crippen molar-refractivity contribution in [3.05, 3.63) is 65.9 Å². The van der Waals surface area contributed by atoms with Crippen molar-refractivity contribution in [2.45, 2.75) is 11.0 Å². The van der Waals surface area contributed by atoms with E-state index in [1.807, 2.05) is 61.0 Å². The summed E-state index contributed by atoms with van der Waals surface area (Å²) in [6.45, 7) is 0. The number of carbonyl (C=O) groups excluding carboxylic acids is 1. The number of thioether (sulfide) groups is 2. The van der Waals surface area contributed by atoms with Crippen LogP contribution in [0, 0.1) is 0 Å². The smallest absolute Gasteiger partial charge is 0.228 e. The number of aromatic nitrogens is 1. The van der Waals surface area contributed by atoms with Crippen LogP contribution in [0.15, 0.2) is 54.7 Å². The molecule has 1 aliphatic rings. The second-order valence-corrected chi connectivity index (χ2v) is 8.93. The summed E-state index contributed by atoms with van der Waals surface area (Å²) in [4.78, 5) is 12.5. The summed E-state index contributed by atoms with van der Waals surface area (Å²) < 4.78 is 2.57. The molecule has 1 N–H and O–H groups in total. The standard InChI is InChI=1S/C20H20N2OS2/c1-22-13-15(17-7-2-3-8-18(17)22)12-19(23)21-16-6-4-5-14(11-16)20-24-9-10-25-20/h2-8,11,13,20H,9-10,12H2,1H3,(H,21,23). The molecule has 3 aromatic rings. The summed E-state index contributed by atoms with van der Waals surface area (Å²) in [6.07, 6.45) is 2.44. The number of carbonyl (C=O) groups is 1. The van der Waals surface area contributed by atoms with Crippen LogP contribution >= 0.6 is 23.5 Å². The van der Waals surface area contributed by atoms with E-state index in [4.69, 9.17) is 0 Å². The van der Waals surface area contributed by atoms with Gasteiger partial charge in [-0.3, -0.25) is 4.79 Å². The Morgan fingerprint density at radius 1 is 1.16 bits per heavy atom. The molecule has 0 radical (unpaired) electrons. The van der Waals surface area contributed by atoms with E-state index in [0.29, 0.717) is 11.0 Å². The Hall–Kier alpha value is -1.85. The van der Waals surface area contributed by atoms with E-state index in [1.165, 1.54) is 17.1 Å². The van der Waals surface area contributed by atoms with Crippen LogP contribution in [0.4, 0.5) is 5.69 Å². The van der Waals surface area contributed by atoms with E-state index in [-0.39, 0.29) is 5.91 Å². The highest BCUT2D eigenvalue weighted by atomic mass is 32.2. The molecule has 0 bridgehead atoms. The Balaban J connectivity index is 1.49. The first-order chi connectivity index (χ1) is 12.2. The molecular formula is C20H20N2OS2. The van der Waals surface area contributed by atoms with E-state index in [0.717, 1.165) is 22.2 Å². The first-order valence-electron chi connectivity index (χ1n) is 8.37. The molecule has 4 rings (SSSR count). The van der Waals surface area contributed by atoms with Gasteiger partial charge in [-0.1, -0.05) is 30.3 Å². The van der Waals surface area contributed by atoms with Crippen molar-refractivity contribution in [1.82, 2.24) is 4.57 Å². The van der Waals surface area contributed by atoms with Crippen LogP contribution in [-0.4, -0.2) is 22.0 Å². The lowest BCUT2D eigenvalue weighted by atomic mass is 10.1. The molecule has 0 unspecified atom stereocenters. The highest BCUT2D eigenvalue weighted by Crippen LogP contribution is 2.45. The van der Waals surface area contributed by atoms with Gasteiger partial charge < -0.3 is 9.88 Å². The van der Waals surface area contributed by atoms with Crippen LogP contribution in [-0.2, 0) is 18.3 Å². The van der Waals surface area contributed by atoms with E-state index in [1.54, 1.807) is 0 Å². The molecule has 0 atom stereocenters. The van der Waals surface area contributed by atoms with Gasteiger partial charge in [-0.15, -0.1) is 23.5 Å². The molecule has 1 aliphatic heterocycles. The van der Waals surface area contributed by atoms with Crippen molar-refractivity contribution >= 4 is 46.0 Å². The molecule has 1 amide bonds. The summed E-state index contributed by atoms with van der Waals surface area (Å²) in [6, 6.07) is 16.5. The SMILES string of the molecule is Cn1cc(CC(=O)Nc2cccc(C3SCCS3)c2)c2ccccc21.